The van der Waals surface area contributed by atoms with E-state index in [0.29, 0.717) is 5.69 Å². The highest BCUT2D eigenvalue weighted by Crippen LogP contribution is 2.26. The fraction of sp³-hybridized carbons (Fsp3) is 0.200. The molecule has 2 aromatic carbocycles. The molecule has 0 aromatic heterocycles. The largest absolute Gasteiger partial charge is 0.389 e. The minimum atomic E-state index is -0.488. The molecule has 94 valence electrons. The number of rotatable bonds is 3. The van der Waals surface area contributed by atoms with Gasteiger partial charge in [0.2, 0.25) is 0 Å². The first-order valence-corrected chi connectivity index (χ1v) is 5.86. The lowest BCUT2D eigenvalue weighted by Crippen LogP contribution is -2.11. The number of hydrogen-bond donors (Lipinski definition) is 1. The number of aliphatic hydroxyl groups excluding tert-OH is 1. The molecule has 0 heterocycles. The van der Waals surface area contributed by atoms with E-state index < -0.39 is 6.10 Å². The molecule has 2 nitrogen and oxygen atoms in total. The Labute approximate surface area is 106 Å². The molecular weight excluding hydrogens is 229 g/mol. The Bertz CT molecular complexity index is 522. The molecular formula is C15H16FNO. The Kier molecular flexibility index (Phi) is 3.63. The molecule has 0 saturated carbocycles. The number of aliphatic hydroxyl groups is 1. The standard InChI is InChI=1S/C15H16FNO/c1-11(18)12-7-9-13(10-8-12)17(2)15-6-4-3-5-14(15)16/h3-11,18H,1-2H3/t11-/m1/s1. The predicted molar refractivity (Wildman–Crippen MR) is 71.5 cm³/mol. The molecule has 3 heteroatoms. The van der Waals surface area contributed by atoms with Gasteiger partial charge in [-0.15, -0.1) is 0 Å². The van der Waals surface area contributed by atoms with Crippen LogP contribution in [0.2, 0.25) is 0 Å². The van der Waals surface area contributed by atoms with Crippen molar-refractivity contribution in [3.63, 3.8) is 0 Å². The summed E-state index contributed by atoms with van der Waals surface area (Å²) in [5, 5.41) is 9.44. The third kappa shape index (κ3) is 2.51. The average molecular weight is 245 g/mol. The van der Waals surface area contributed by atoms with Crippen molar-refractivity contribution in [3.05, 3.63) is 59.9 Å². The summed E-state index contributed by atoms with van der Waals surface area (Å²) in [4.78, 5) is 1.78. The maximum absolute atomic E-state index is 13.7. The van der Waals surface area contributed by atoms with Crippen molar-refractivity contribution < 1.29 is 9.50 Å². The molecule has 0 fully saturated rings. The molecule has 0 aliphatic rings. The van der Waals surface area contributed by atoms with Crippen LogP contribution in [0.25, 0.3) is 0 Å². The van der Waals surface area contributed by atoms with E-state index in [4.69, 9.17) is 0 Å². The van der Waals surface area contributed by atoms with Crippen LogP contribution in [-0.2, 0) is 0 Å². The maximum atomic E-state index is 13.7. The van der Waals surface area contributed by atoms with Crippen LogP contribution in [0.15, 0.2) is 48.5 Å². The molecule has 18 heavy (non-hydrogen) atoms. The van der Waals surface area contributed by atoms with Crippen molar-refractivity contribution in [1.29, 1.82) is 0 Å². The molecule has 2 rings (SSSR count). The molecule has 1 atom stereocenters. The lowest BCUT2D eigenvalue weighted by atomic mass is 10.1. The van der Waals surface area contributed by atoms with Gasteiger partial charge < -0.3 is 10.0 Å². The zero-order valence-electron chi connectivity index (χ0n) is 10.5. The van der Waals surface area contributed by atoms with Gasteiger partial charge in [0.05, 0.1) is 11.8 Å². The molecule has 0 aliphatic carbocycles. The smallest absolute Gasteiger partial charge is 0.146 e. The second kappa shape index (κ2) is 5.19. The second-order valence-electron chi connectivity index (χ2n) is 4.28. The van der Waals surface area contributed by atoms with E-state index in [1.807, 2.05) is 31.3 Å². The quantitative estimate of drug-likeness (QED) is 0.892. The van der Waals surface area contributed by atoms with Crippen molar-refractivity contribution in [2.24, 2.45) is 0 Å². The molecule has 0 spiro atoms. The van der Waals surface area contributed by atoms with Crippen LogP contribution >= 0.6 is 0 Å². The number of nitrogens with zero attached hydrogens (tertiary/aromatic N) is 1. The summed E-state index contributed by atoms with van der Waals surface area (Å²) in [5.74, 6) is -0.250. The predicted octanol–water partition coefficient (Wildman–Crippen LogP) is 3.65. The first-order valence-electron chi connectivity index (χ1n) is 5.86. The van der Waals surface area contributed by atoms with E-state index >= 15 is 0 Å². The van der Waals surface area contributed by atoms with Crippen LogP contribution in [0, 0.1) is 5.82 Å². The van der Waals surface area contributed by atoms with Crippen LogP contribution in [0.1, 0.15) is 18.6 Å². The zero-order chi connectivity index (χ0) is 13.1. The first kappa shape index (κ1) is 12.6. The summed E-state index contributed by atoms with van der Waals surface area (Å²) in [6.07, 6.45) is -0.488. The van der Waals surface area contributed by atoms with Crippen molar-refractivity contribution in [2.75, 3.05) is 11.9 Å². The number of anilines is 2. The average Bonchev–Trinajstić information content (AvgIpc) is 2.38. The Morgan fingerprint density at radius 3 is 2.22 bits per heavy atom. The highest BCUT2D eigenvalue weighted by molar-refractivity contribution is 5.63. The lowest BCUT2D eigenvalue weighted by molar-refractivity contribution is 0.199. The monoisotopic (exact) mass is 245 g/mol. The number of hydrogen-bond acceptors (Lipinski definition) is 2. The molecule has 0 saturated heterocycles. The molecule has 0 bridgehead atoms. The van der Waals surface area contributed by atoms with Crippen molar-refractivity contribution in [1.82, 2.24) is 0 Å². The molecule has 1 N–H and O–H groups in total. The van der Waals surface area contributed by atoms with Crippen molar-refractivity contribution in [2.45, 2.75) is 13.0 Å². The summed E-state index contributed by atoms with van der Waals surface area (Å²) in [6.45, 7) is 1.72. The van der Waals surface area contributed by atoms with Gasteiger partial charge in [-0.05, 0) is 36.8 Å². The first-order chi connectivity index (χ1) is 8.59. The van der Waals surface area contributed by atoms with E-state index in [2.05, 4.69) is 0 Å². The minimum absolute atomic E-state index is 0.250. The van der Waals surface area contributed by atoms with Gasteiger partial charge >= 0.3 is 0 Å². The Morgan fingerprint density at radius 1 is 1.06 bits per heavy atom. The fourth-order valence-electron chi connectivity index (χ4n) is 1.84. The van der Waals surface area contributed by atoms with Crippen LogP contribution in [0.4, 0.5) is 15.8 Å². The van der Waals surface area contributed by atoms with Gasteiger partial charge in [0, 0.05) is 12.7 Å². The topological polar surface area (TPSA) is 23.5 Å². The van der Waals surface area contributed by atoms with Crippen LogP contribution in [0.5, 0.6) is 0 Å². The van der Waals surface area contributed by atoms with Gasteiger partial charge in [-0.3, -0.25) is 0 Å². The molecule has 0 amide bonds. The van der Waals surface area contributed by atoms with Gasteiger partial charge in [-0.25, -0.2) is 4.39 Å². The summed E-state index contributed by atoms with van der Waals surface area (Å²) in [6, 6.07) is 14.1. The minimum Gasteiger partial charge on any atom is -0.389 e. The summed E-state index contributed by atoms with van der Waals surface area (Å²) >= 11 is 0. The molecule has 0 unspecified atom stereocenters. The van der Waals surface area contributed by atoms with Gasteiger partial charge in [0.25, 0.3) is 0 Å². The molecule has 0 aliphatic heterocycles. The lowest BCUT2D eigenvalue weighted by Gasteiger charge is -2.20. The maximum Gasteiger partial charge on any atom is 0.146 e. The van der Waals surface area contributed by atoms with Crippen LogP contribution in [0.3, 0.4) is 0 Å². The van der Waals surface area contributed by atoms with Gasteiger partial charge in [0.15, 0.2) is 0 Å². The number of benzene rings is 2. The van der Waals surface area contributed by atoms with E-state index in [1.54, 1.807) is 30.0 Å². The van der Waals surface area contributed by atoms with Crippen molar-refractivity contribution in [3.8, 4) is 0 Å². The zero-order valence-corrected chi connectivity index (χ0v) is 10.5. The SMILES string of the molecule is C[C@@H](O)c1ccc(N(C)c2ccccc2F)cc1. The Hall–Kier alpha value is -1.87. The Balaban J connectivity index is 2.29. The van der Waals surface area contributed by atoms with E-state index in [-0.39, 0.29) is 5.82 Å². The molecule has 0 radical (unpaired) electrons. The summed E-state index contributed by atoms with van der Waals surface area (Å²) in [7, 11) is 1.82. The van der Waals surface area contributed by atoms with Crippen molar-refractivity contribution >= 4 is 11.4 Å². The van der Waals surface area contributed by atoms with Gasteiger partial charge in [-0.2, -0.15) is 0 Å². The van der Waals surface area contributed by atoms with E-state index in [0.717, 1.165) is 11.3 Å². The number of para-hydroxylation sites is 1. The third-order valence-electron chi connectivity index (χ3n) is 2.98. The second-order valence-corrected chi connectivity index (χ2v) is 4.28. The molecule has 2 aromatic rings. The summed E-state index contributed by atoms with van der Waals surface area (Å²) in [5.41, 5.74) is 2.26. The number of halogens is 1. The fourth-order valence-corrected chi connectivity index (χ4v) is 1.84. The van der Waals surface area contributed by atoms with E-state index in [9.17, 15) is 9.50 Å². The Morgan fingerprint density at radius 2 is 1.67 bits per heavy atom. The highest BCUT2D eigenvalue weighted by Gasteiger charge is 2.09. The third-order valence-corrected chi connectivity index (χ3v) is 2.98. The van der Waals surface area contributed by atoms with Crippen LogP contribution in [-0.4, -0.2) is 12.2 Å². The van der Waals surface area contributed by atoms with Crippen LogP contribution < -0.4 is 4.90 Å². The van der Waals surface area contributed by atoms with Gasteiger partial charge in [0.1, 0.15) is 5.82 Å². The highest BCUT2D eigenvalue weighted by atomic mass is 19.1. The van der Waals surface area contributed by atoms with E-state index in [1.165, 1.54) is 6.07 Å². The van der Waals surface area contributed by atoms with Gasteiger partial charge in [-0.1, -0.05) is 24.3 Å². The normalized spacial score (nSPS) is 12.2. The summed E-state index contributed by atoms with van der Waals surface area (Å²) < 4.78 is 13.7.